The monoisotopic (exact) mass is 336 g/mol. The molecule has 0 heterocycles. The minimum Gasteiger partial charge on any atom is -0.497 e. The van der Waals surface area contributed by atoms with Gasteiger partial charge in [0.25, 0.3) is 0 Å². The fourth-order valence-electron chi connectivity index (χ4n) is 2.25. The van der Waals surface area contributed by atoms with Crippen molar-refractivity contribution in [3.05, 3.63) is 29.8 Å². The molecule has 0 radical (unpaired) electrons. The molecule has 0 aliphatic rings. The highest BCUT2D eigenvalue weighted by Crippen LogP contribution is 2.14. The van der Waals surface area contributed by atoms with Crippen molar-refractivity contribution in [2.75, 3.05) is 7.11 Å². The van der Waals surface area contributed by atoms with E-state index in [1.165, 1.54) is 0 Å². The van der Waals surface area contributed by atoms with Crippen LogP contribution in [-0.2, 0) is 25.7 Å². The molecule has 0 amide bonds. The van der Waals surface area contributed by atoms with Crippen LogP contribution in [0.25, 0.3) is 0 Å². The smallest absolute Gasteiger partial charge is 0.306 e. The molecule has 5 heteroatoms. The van der Waals surface area contributed by atoms with E-state index in [0.717, 1.165) is 17.7 Å². The maximum absolute atomic E-state index is 11.8. The fourth-order valence-corrected chi connectivity index (χ4v) is 2.25. The number of rotatable bonds is 10. The van der Waals surface area contributed by atoms with Gasteiger partial charge >= 0.3 is 11.9 Å². The highest BCUT2D eigenvalue weighted by atomic mass is 16.5. The molecule has 5 nitrogen and oxygen atoms in total. The lowest BCUT2D eigenvalue weighted by molar-refractivity contribution is -0.152. The number of methoxy groups -OCH3 is 1. The summed E-state index contributed by atoms with van der Waals surface area (Å²) in [6, 6.07) is 7.33. The molecule has 134 valence electrons. The van der Waals surface area contributed by atoms with Gasteiger partial charge in [-0.15, -0.1) is 0 Å². The molecular formula is C19H28O5. The molecule has 1 atom stereocenters. The van der Waals surface area contributed by atoms with Crippen molar-refractivity contribution in [1.82, 2.24) is 0 Å². The first kappa shape index (κ1) is 20.0. The van der Waals surface area contributed by atoms with Gasteiger partial charge in [0.2, 0.25) is 0 Å². The molecule has 1 rings (SSSR count). The average Bonchev–Trinajstić information content (AvgIpc) is 2.58. The van der Waals surface area contributed by atoms with Gasteiger partial charge in [0.15, 0.2) is 0 Å². The lowest BCUT2D eigenvalue weighted by Crippen LogP contribution is -2.22. The second kappa shape index (κ2) is 10.7. The van der Waals surface area contributed by atoms with Crippen molar-refractivity contribution >= 4 is 11.9 Å². The Bertz CT molecular complexity index is 507. The van der Waals surface area contributed by atoms with Crippen LogP contribution in [0.2, 0.25) is 0 Å². The molecule has 1 unspecified atom stereocenters. The molecule has 0 bridgehead atoms. The zero-order chi connectivity index (χ0) is 17.9. The van der Waals surface area contributed by atoms with E-state index in [0.29, 0.717) is 12.3 Å². The van der Waals surface area contributed by atoms with Gasteiger partial charge in [-0.3, -0.25) is 9.59 Å². The Morgan fingerprint density at radius 1 is 1.04 bits per heavy atom. The van der Waals surface area contributed by atoms with Crippen LogP contribution < -0.4 is 4.74 Å². The van der Waals surface area contributed by atoms with Crippen LogP contribution in [-0.4, -0.2) is 25.2 Å². The van der Waals surface area contributed by atoms with E-state index in [1.807, 2.05) is 45.0 Å². The summed E-state index contributed by atoms with van der Waals surface area (Å²) in [5.41, 5.74) is 0.895. The summed E-state index contributed by atoms with van der Waals surface area (Å²) in [7, 11) is 1.60. The average molecular weight is 336 g/mol. The largest absolute Gasteiger partial charge is 0.497 e. The first-order valence-corrected chi connectivity index (χ1v) is 8.44. The van der Waals surface area contributed by atoms with Crippen LogP contribution in [0.3, 0.4) is 0 Å². The van der Waals surface area contributed by atoms with Crippen molar-refractivity contribution in [2.45, 2.75) is 59.2 Å². The summed E-state index contributed by atoms with van der Waals surface area (Å²) in [5.74, 6) is 0.497. The van der Waals surface area contributed by atoms with Gasteiger partial charge in [0.1, 0.15) is 18.5 Å². The van der Waals surface area contributed by atoms with E-state index in [2.05, 4.69) is 0 Å². The first-order chi connectivity index (χ1) is 11.5. The molecule has 0 saturated carbocycles. The molecule has 0 spiro atoms. The summed E-state index contributed by atoms with van der Waals surface area (Å²) in [4.78, 5) is 23.5. The van der Waals surface area contributed by atoms with Gasteiger partial charge in [-0.05, 0) is 36.5 Å². The number of ether oxygens (including phenoxy) is 3. The SMILES string of the molecule is CCC(OC(=O)CCCC(=O)OCc1ccc(OC)cc1)C(C)C. The van der Waals surface area contributed by atoms with Crippen molar-refractivity contribution in [2.24, 2.45) is 5.92 Å². The summed E-state index contributed by atoms with van der Waals surface area (Å²) >= 11 is 0. The predicted octanol–water partition coefficient (Wildman–Crippen LogP) is 3.89. The zero-order valence-corrected chi connectivity index (χ0v) is 15.0. The van der Waals surface area contributed by atoms with Crippen LogP contribution in [0, 0.1) is 5.92 Å². The summed E-state index contributed by atoms with van der Waals surface area (Å²) in [6.45, 7) is 6.27. The third kappa shape index (κ3) is 7.49. The number of carbonyl (C=O) groups is 2. The van der Waals surface area contributed by atoms with E-state index in [4.69, 9.17) is 14.2 Å². The van der Waals surface area contributed by atoms with Crippen LogP contribution in [0.15, 0.2) is 24.3 Å². The van der Waals surface area contributed by atoms with Crippen LogP contribution in [0.5, 0.6) is 5.75 Å². The molecule has 1 aromatic rings. The number of hydrogen-bond donors (Lipinski definition) is 0. The lowest BCUT2D eigenvalue weighted by atomic mass is 10.1. The van der Waals surface area contributed by atoms with Crippen LogP contribution in [0.1, 0.15) is 52.0 Å². The molecule has 0 aliphatic heterocycles. The van der Waals surface area contributed by atoms with E-state index < -0.39 is 0 Å². The molecule has 24 heavy (non-hydrogen) atoms. The van der Waals surface area contributed by atoms with Gasteiger partial charge in [0, 0.05) is 12.8 Å². The third-order valence-electron chi connectivity index (χ3n) is 3.75. The number of esters is 2. The Kier molecular flexibility index (Phi) is 8.90. The molecule has 0 aromatic heterocycles. The summed E-state index contributed by atoms with van der Waals surface area (Å²) in [6.07, 6.45) is 1.63. The second-order valence-electron chi connectivity index (χ2n) is 6.04. The van der Waals surface area contributed by atoms with Crippen LogP contribution in [0.4, 0.5) is 0 Å². The minimum atomic E-state index is -0.311. The van der Waals surface area contributed by atoms with Gasteiger partial charge in [0.05, 0.1) is 7.11 Å². The quantitative estimate of drug-likeness (QED) is 0.607. The van der Waals surface area contributed by atoms with E-state index in [-0.39, 0.29) is 37.5 Å². The molecular weight excluding hydrogens is 308 g/mol. The fraction of sp³-hybridized carbons (Fsp3) is 0.579. The van der Waals surface area contributed by atoms with Gasteiger partial charge in [-0.2, -0.15) is 0 Å². The predicted molar refractivity (Wildman–Crippen MR) is 91.7 cm³/mol. The Hall–Kier alpha value is -2.04. The van der Waals surface area contributed by atoms with Crippen molar-refractivity contribution in [3.8, 4) is 5.75 Å². The van der Waals surface area contributed by atoms with E-state index in [9.17, 15) is 9.59 Å². The Balaban J connectivity index is 2.22. The lowest BCUT2D eigenvalue weighted by Gasteiger charge is -2.19. The zero-order valence-electron chi connectivity index (χ0n) is 15.0. The highest BCUT2D eigenvalue weighted by Gasteiger charge is 2.16. The molecule has 0 aliphatic carbocycles. The number of benzene rings is 1. The van der Waals surface area contributed by atoms with Crippen LogP contribution >= 0.6 is 0 Å². The third-order valence-corrected chi connectivity index (χ3v) is 3.75. The molecule has 0 fully saturated rings. The normalized spacial score (nSPS) is 11.9. The van der Waals surface area contributed by atoms with Crippen molar-refractivity contribution in [3.63, 3.8) is 0 Å². The van der Waals surface area contributed by atoms with Gasteiger partial charge < -0.3 is 14.2 Å². The summed E-state index contributed by atoms with van der Waals surface area (Å²) in [5, 5.41) is 0. The van der Waals surface area contributed by atoms with Gasteiger partial charge in [-0.25, -0.2) is 0 Å². The van der Waals surface area contributed by atoms with Gasteiger partial charge in [-0.1, -0.05) is 32.9 Å². The standard InChI is InChI=1S/C19H28O5/c1-5-17(14(2)3)24-19(21)8-6-7-18(20)23-13-15-9-11-16(22-4)12-10-15/h9-12,14,17H,5-8,13H2,1-4H3. The Labute approximate surface area is 144 Å². The van der Waals surface area contributed by atoms with Crippen molar-refractivity contribution < 1.29 is 23.8 Å². The maximum atomic E-state index is 11.8. The summed E-state index contributed by atoms with van der Waals surface area (Å²) < 4.78 is 15.7. The maximum Gasteiger partial charge on any atom is 0.306 e. The second-order valence-corrected chi connectivity index (χ2v) is 6.04. The Morgan fingerprint density at radius 3 is 2.21 bits per heavy atom. The minimum absolute atomic E-state index is 0.0560. The van der Waals surface area contributed by atoms with E-state index >= 15 is 0 Å². The first-order valence-electron chi connectivity index (χ1n) is 8.44. The number of hydrogen-bond acceptors (Lipinski definition) is 5. The Morgan fingerprint density at radius 2 is 1.67 bits per heavy atom. The van der Waals surface area contributed by atoms with Crippen molar-refractivity contribution in [1.29, 1.82) is 0 Å². The van der Waals surface area contributed by atoms with E-state index in [1.54, 1.807) is 7.11 Å². The highest BCUT2D eigenvalue weighted by molar-refractivity contribution is 5.72. The molecule has 0 N–H and O–H groups in total. The molecule has 1 aromatic carbocycles. The molecule has 0 saturated heterocycles. The number of carbonyl (C=O) groups excluding carboxylic acids is 2. The topological polar surface area (TPSA) is 61.8 Å².